The minimum atomic E-state index is -0.0604. The van der Waals surface area contributed by atoms with Crippen molar-refractivity contribution in [2.24, 2.45) is 0 Å². The smallest absolute Gasteiger partial charge is 0.252 e. The molecule has 2 heterocycles. The van der Waals surface area contributed by atoms with E-state index in [2.05, 4.69) is 26.2 Å². The molecule has 0 bridgehead atoms. The van der Waals surface area contributed by atoms with Crippen molar-refractivity contribution in [1.82, 2.24) is 10.3 Å². The van der Waals surface area contributed by atoms with E-state index in [-0.39, 0.29) is 5.91 Å². The van der Waals surface area contributed by atoms with Crippen LogP contribution in [0.1, 0.15) is 21.1 Å². The van der Waals surface area contributed by atoms with E-state index >= 15 is 0 Å². The van der Waals surface area contributed by atoms with Crippen molar-refractivity contribution in [2.75, 3.05) is 0 Å². The summed E-state index contributed by atoms with van der Waals surface area (Å²) < 4.78 is 0.961. The summed E-state index contributed by atoms with van der Waals surface area (Å²) >= 11 is 6.39. The first-order valence-corrected chi connectivity index (χ1v) is 7.13. The van der Waals surface area contributed by atoms with Crippen LogP contribution in [0.2, 0.25) is 0 Å². The molecule has 0 saturated heterocycles. The van der Waals surface area contributed by atoms with E-state index in [1.807, 2.05) is 23.8 Å². The van der Waals surface area contributed by atoms with Gasteiger partial charge in [0.15, 0.2) is 0 Å². The van der Waals surface area contributed by atoms with Crippen LogP contribution in [0.25, 0.3) is 0 Å². The minimum absolute atomic E-state index is 0.0604. The lowest BCUT2D eigenvalue weighted by Gasteiger charge is -1.99. The predicted octanol–water partition coefficient (Wildman–Crippen LogP) is 3.21. The maximum atomic E-state index is 11.7. The van der Waals surface area contributed by atoms with Gasteiger partial charge in [-0.25, -0.2) is 4.98 Å². The fourth-order valence-corrected chi connectivity index (χ4v) is 3.02. The van der Waals surface area contributed by atoms with Crippen LogP contribution in [-0.2, 0) is 6.54 Å². The Morgan fingerprint density at radius 1 is 1.50 bits per heavy atom. The number of aryl methyl sites for hydroxylation is 1. The van der Waals surface area contributed by atoms with Crippen molar-refractivity contribution in [1.29, 1.82) is 0 Å². The van der Waals surface area contributed by atoms with Crippen LogP contribution in [0, 0.1) is 6.92 Å². The highest BCUT2D eigenvalue weighted by molar-refractivity contribution is 9.11. The lowest BCUT2D eigenvalue weighted by Crippen LogP contribution is -2.22. The molecule has 2 rings (SSSR count). The standard InChI is InChI=1S/C10H9BrN2OS2/c1-6-4-16-9(13-6)3-12-10(14)7-2-8(11)15-5-7/h2,4-5H,3H2,1H3,(H,12,14). The number of carbonyl (C=O) groups excluding carboxylic acids is 1. The van der Waals surface area contributed by atoms with E-state index in [9.17, 15) is 4.79 Å². The fraction of sp³-hybridized carbons (Fsp3) is 0.200. The first kappa shape index (κ1) is 11.8. The zero-order valence-electron chi connectivity index (χ0n) is 8.49. The Labute approximate surface area is 110 Å². The molecule has 0 aliphatic rings. The molecule has 3 nitrogen and oxygen atoms in total. The predicted molar refractivity (Wildman–Crippen MR) is 70.0 cm³/mol. The summed E-state index contributed by atoms with van der Waals surface area (Å²) in [7, 11) is 0. The normalized spacial score (nSPS) is 10.4. The molecule has 0 saturated carbocycles. The third-order valence-corrected chi connectivity index (χ3v) is 4.37. The van der Waals surface area contributed by atoms with Gasteiger partial charge in [-0.1, -0.05) is 0 Å². The van der Waals surface area contributed by atoms with Gasteiger partial charge < -0.3 is 5.32 Å². The average molecular weight is 317 g/mol. The summed E-state index contributed by atoms with van der Waals surface area (Å²) in [6.07, 6.45) is 0. The monoisotopic (exact) mass is 316 g/mol. The zero-order chi connectivity index (χ0) is 11.5. The van der Waals surface area contributed by atoms with Gasteiger partial charge in [0.25, 0.3) is 5.91 Å². The lowest BCUT2D eigenvalue weighted by molar-refractivity contribution is 0.0951. The first-order valence-electron chi connectivity index (χ1n) is 4.58. The maximum Gasteiger partial charge on any atom is 0.252 e. The van der Waals surface area contributed by atoms with E-state index in [4.69, 9.17) is 0 Å². The van der Waals surface area contributed by atoms with Crippen molar-refractivity contribution in [3.8, 4) is 0 Å². The van der Waals surface area contributed by atoms with Crippen LogP contribution in [0.3, 0.4) is 0 Å². The Morgan fingerprint density at radius 3 is 2.88 bits per heavy atom. The Balaban J connectivity index is 1.93. The molecular weight excluding hydrogens is 308 g/mol. The number of thiazole rings is 1. The molecule has 0 unspecified atom stereocenters. The quantitative estimate of drug-likeness (QED) is 0.944. The van der Waals surface area contributed by atoms with E-state index in [0.29, 0.717) is 12.1 Å². The number of halogens is 1. The third kappa shape index (κ3) is 2.90. The molecule has 6 heteroatoms. The molecule has 1 amide bonds. The highest BCUT2D eigenvalue weighted by Crippen LogP contribution is 2.20. The van der Waals surface area contributed by atoms with E-state index < -0.39 is 0 Å². The molecule has 0 aromatic carbocycles. The number of aromatic nitrogens is 1. The van der Waals surface area contributed by atoms with E-state index in [1.165, 1.54) is 11.3 Å². The molecule has 0 fully saturated rings. The topological polar surface area (TPSA) is 42.0 Å². The zero-order valence-corrected chi connectivity index (χ0v) is 11.7. The summed E-state index contributed by atoms with van der Waals surface area (Å²) in [5.74, 6) is -0.0604. The van der Waals surface area contributed by atoms with Gasteiger partial charge in [0.1, 0.15) is 5.01 Å². The highest BCUT2D eigenvalue weighted by Gasteiger charge is 2.08. The van der Waals surface area contributed by atoms with Crippen molar-refractivity contribution in [3.63, 3.8) is 0 Å². The summed E-state index contributed by atoms with van der Waals surface area (Å²) in [6.45, 7) is 2.43. The molecular formula is C10H9BrN2OS2. The second kappa shape index (κ2) is 5.07. The highest BCUT2D eigenvalue weighted by atomic mass is 79.9. The Bertz CT molecular complexity index is 506. The number of nitrogens with zero attached hydrogens (tertiary/aromatic N) is 1. The molecule has 0 radical (unpaired) electrons. The molecule has 16 heavy (non-hydrogen) atoms. The van der Waals surface area contributed by atoms with Crippen molar-refractivity contribution in [2.45, 2.75) is 13.5 Å². The number of rotatable bonds is 3. The van der Waals surface area contributed by atoms with Gasteiger partial charge in [-0.2, -0.15) is 0 Å². The second-order valence-corrected chi connectivity index (χ2v) is 6.44. The molecule has 2 aromatic rings. The largest absolute Gasteiger partial charge is 0.345 e. The van der Waals surface area contributed by atoms with Crippen LogP contribution in [0.15, 0.2) is 20.6 Å². The van der Waals surface area contributed by atoms with Crippen LogP contribution in [0.4, 0.5) is 0 Å². The molecule has 0 spiro atoms. The summed E-state index contributed by atoms with van der Waals surface area (Å²) in [5.41, 5.74) is 1.68. The van der Waals surface area contributed by atoms with Crippen LogP contribution in [-0.4, -0.2) is 10.9 Å². The molecule has 1 N–H and O–H groups in total. The Kier molecular flexibility index (Phi) is 3.73. The summed E-state index contributed by atoms with van der Waals surface area (Å²) in [4.78, 5) is 16.0. The lowest BCUT2D eigenvalue weighted by atomic mass is 10.3. The van der Waals surface area contributed by atoms with Crippen LogP contribution in [0.5, 0.6) is 0 Å². The molecule has 84 valence electrons. The maximum absolute atomic E-state index is 11.7. The van der Waals surface area contributed by atoms with Gasteiger partial charge in [0.2, 0.25) is 0 Å². The number of nitrogens with one attached hydrogen (secondary N) is 1. The SMILES string of the molecule is Cc1csc(CNC(=O)c2csc(Br)c2)n1. The van der Waals surface area contributed by atoms with Gasteiger partial charge in [-0.15, -0.1) is 22.7 Å². The molecule has 0 atom stereocenters. The van der Waals surface area contributed by atoms with Crippen LogP contribution < -0.4 is 5.32 Å². The summed E-state index contributed by atoms with van der Waals surface area (Å²) in [5, 5.41) is 7.57. The Hall–Kier alpha value is -0.720. The number of hydrogen-bond acceptors (Lipinski definition) is 4. The Morgan fingerprint density at radius 2 is 2.31 bits per heavy atom. The summed E-state index contributed by atoms with van der Waals surface area (Å²) in [6, 6.07) is 1.81. The van der Waals surface area contributed by atoms with Gasteiger partial charge in [0, 0.05) is 16.5 Å². The average Bonchev–Trinajstić information content (AvgIpc) is 2.84. The van der Waals surface area contributed by atoms with E-state index in [0.717, 1.165) is 14.5 Å². The van der Waals surface area contributed by atoms with Crippen molar-refractivity contribution >= 4 is 44.5 Å². The number of hydrogen-bond donors (Lipinski definition) is 1. The van der Waals surface area contributed by atoms with Gasteiger partial charge in [-0.05, 0) is 28.9 Å². The minimum Gasteiger partial charge on any atom is -0.345 e. The number of carbonyl (C=O) groups is 1. The first-order chi connectivity index (χ1) is 7.65. The fourth-order valence-electron chi connectivity index (χ4n) is 1.17. The third-order valence-electron chi connectivity index (χ3n) is 1.90. The van der Waals surface area contributed by atoms with Gasteiger partial charge in [-0.3, -0.25) is 4.79 Å². The molecule has 0 aliphatic carbocycles. The van der Waals surface area contributed by atoms with E-state index in [1.54, 1.807) is 11.3 Å². The number of amides is 1. The van der Waals surface area contributed by atoms with Crippen molar-refractivity contribution in [3.05, 3.63) is 36.9 Å². The van der Waals surface area contributed by atoms with Gasteiger partial charge in [0.05, 0.1) is 15.9 Å². The molecule has 0 aliphatic heterocycles. The number of thiophene rings is 1. The van der Waals surface area contributed by atoms with Gasteiger partial charge >= 0.3 is 0 Å². The second-order valence-electron chi connectivity index (χ2n) is 3.20. The molecule has 2 aromatic heterocycles. The van der Waals surface area contributed by atoms with Crippen molar-refractivity contribution < 1.29 is 4.79 Å². The van der Waals surface area contributed by atoms with Crippen LogP contribution >= 0.6 is 38.6 Å².